The Morgan fingerprint density at radius 1 is 1.24 bits per heavy atom. The number of benzene rings is 2. The maximum atomic E-state index is 12.2. The first-order valence-electron chi connectivity index (χ1n) is 6.52. The van der Waals surface area contributed by atoms with Crippen LogP contribution in [0.2, 0.25) is 0 Å². The number of likely N-dealkylation sites (N-methyl/N-ethyl adjacent to an activating group) is 1. The first-order chi connectivity index (χ1) is 10.1. The SMILES string of the molecule is COc1cccc(N(C)CC(=O)c2ccc(C#N)cc2)c1. The second-order valence-corrected chi connectivity index (χ2v) is 4.67. The highest BCUT2D eigenvalue weighted by Gasteiger charge is 2.10. The second-order valence-electron chi connectivity index (χ2n) is 4.67. The van der Waals surface area contributed by atoms with Crippen LogP contribution in [0.25, 0.3) is 0 Å². The van der Waals surface area contributed by atoms with Gasteiger partial charge in [0.1, 0.15) is 5.75 Å². The third-order valence-electron chi connectivity index (χ3n) is 3.21. The molecule has 21 heavy (non-hydrogen) atoms. The Hall–Kier alpha value is -2.80. The summed E-state index contributed by atoms with van der Waals surface area (Å²) < 4.78 is 5.18. The van der Waals surface area contributed by atoms with E-state index in [4.69, 9.17) is 10.00 Å². The normalized spacial score (nSPS) is 9.76. The zero-order chi connectivity index (χ0) is 15.2. The van der Waals surface area contributed by atoms with Gasteiger partial charge in [0.15, 0.2) is 5.78 Å². The molecule has 0 spiro atoms. The molecule has 4 heteroatoms. The highest BCUT2D eigenvalue weighted by molar-refractivity contribution is 5.99. The van der Waals surface area contributed by atoms with Gasteiger partial charge >= 0.3 is 0 Å². The van der Waals surface area contributed by atoms with E-state index in [0.29, 0.717) is 11.1 Å². The molecule has 0 aromatic heterocycles. The summed E-state index contributed by atoms with van der Waals surface area (Å²) in [5.74, 6) is 0.759. The topological polar surface area (TPSA) is 53.3 Å². The van der Waals surface area contributed by atoms with Crippen LogP contribution in [0.15, 0.2) is 48.5 Å². The summed E-state index contributed by atoms with van der Waals surface area (Å²) in [4.78, 5) is 14.1. The van der Waals surface area contributed by atoms with Crippen LogP contribution in [0.4, 0.5) is 5.69 Å². The Bertz CT molecular complexity index is 672. The van der Waals surface area contributed by atoms with Gasteiger partial charge in [0.05, 0.1) is 25.3 Å². The number of hydrogen-bond donors (Lipinski definition) is 0. The fourth-order valence-corrected chi connectivity index (χ4v) is 1.98. The number of Topliss-reactive ketones (excluding diaryl/α,β-unsaturated/α-hetero) is 1. The van der Waals surface area contributed by atoms with Crippen molar-refractivity contribution in [1.29, 1.82) is 5.26 Å². The predicted molar refractivity (Wildman–Crippen MR) is 81.8 cm³/mol. The van der Waals surface area contributed by atoms with E-state index in [1.54, 1.807) is 31.4 Å². The molecule has 4 nitrogen and oxygen atoms in total. The summed E-state index contributed by atoms with van der Waals surface area (Å²) in [5.41, 5.74) is 2.06. The molecule has 0 aliphatic heterocycles. The van der Waals surface area contributed by atoms with Crippen LogP contribution >= 0.6 is 0 Å². The van der Waals surface area contributed by atoms with Gasteiger partial charge < -0.3 is 9.64 Å². The quantitative estimate of drug-likeness (QED) is 0.790. The number of anilines is 1. The van der Waals surface area contributed by atoms with Gasteiger partial charge in [-0.1, -0.05) is 18.2 Å². The first-order valence-corrected chi connectivity index (χ1v) is 6.52. The number of carbonyl (C=O) groups is 1. The Morgan fingerprint density at radius 2 is 1.95 bits per heavy atom. The Balaban J connectivity index is 2.09. The van der Waals surface area contributed by atoms with Gasteiger partial charge in [-0.05, 0) is 24.3 Å². The lowest BCUT2D eigenvalue weighted by Crippen LogP contribution is -2.25. The average Bonchev–Trinajstić information content (AvgIpc) is 2.54. The molecule has 0 saturated heterocycles. The van der Waals surface area contributed by atoms with Crippen molar-refractivity contribution >= 4 is 11.5 Å². The number of methoxy groups -OCH3 is 1. The Morgan fingerprint density at radius 3 is 2.57 bits per heavy atom. The molecule has 0 heterocycles. The van der Waals surface area contributed by atoms with Crippen molar-refractivity contribution in [2.75, 3.05) is 25.6 Å². The van der Waals surface area contributed by atoms with E-state index in [2.05, 4.69) is 0 Å². The molecule has 0 unspecified atom stereocenters. The fraction of sp³-hybridized carbons (Fsp3) is 0.176. The molecule has 0 fully saturated rings. The number of hydrogen-bond acceptors (Lipinski definition) is 4. The molecule has 2 aromatic carbocycles. The predicted octanol–water partition coefficient (Wildman–Crippen LogP) is 2.89. The zero-order valence-electron chi connectivity index (χ0n) is 12.0. The largest absolute Gasteiger partial charge is 0.497 e. The van der Waals surface area contributed by atoms with Crippen LogP contribution in [0.3, 0.4) is 0 Å². The van der Waals surface area contributed by atoms with Crippen LogP contribution in [0.1, 0.15) is 15.9 Å². The number of rotatable bonds is 5. The van der Waals surface area contributed by atoms with Crippen LogP contribution in [-0.2, 0) is 0 Å². The minimum absolute atomic E-state index is 0.00445. The van der Waals surface area contributed by atoms with Crippen LogP contribution < -0.4 is 9.64 Å². The van der Waals surface area contributed by atoms with Crippen molar-refractivity contribution in [3.05, 3.63) is 59.7 Å². The van der Waals surface area contributed by atoms with Gasteiger partial charge in [-0.2, -0.15) is 5.26 Å². The molecule has 0 aliphatic carbocycles. The van der Waals surface area contributed by atoms with Gasteiger partial charge in [0, 0.05) is 24.4 Å². The van der Waals surface area contributed by atoms with E-state index in [0.717, 1.165) is 11.4 Å². The maximum Gasteiger partial charge on any atom is 0.182 e. The second kappa shape index (κ2) is 6.58. The smallest absolute Gasteiger partial charge is 0.182 e. The third-order valence-corrected chi connectivity index (χ3v) is 3.21. The van der Waals surface area contributed by atoms with E-state index in [-0.39, 0.29) is 12.3 Å². The van der Waals surface area contributed by atoms with E-state index >= 15 is 0 Å². The molecule has 106 valence electrons. The zero-order valence-corrected chi connectivity index (χ0v) is 12.0. The number of ether oxygens (including phenoxy) is 1. The molecule has 0 radical (unpaired) electrons. The van der Waals surface area contributed by atoms with Crippen molar-refractivity contribution in [3.8, 4) is 11.8 Å². The summed E-state index contributed by atoms with van der Waals surface area (Å²) in [6, 6.07) is 16.3. The van der Waals surface area contributed by atoms with Crippen LogP contribution in [0, 0.1) is 11.3 Å². The van der Waals surface area contributed by atoms with Gasteiger partial charge in [-0.3, -0.25) is 4.79 Å². The van der Waals surface area contributed by atoms with Crippen molar-refractivity contribution in [3.63, 3.8) is 0 Å². The molecular formula is C17H16N2O2. The highest BCUT2D eigenvalue weighted by atomic mass is 16.5. The Kier molecular flexibility index (Phi) is 4.57. The van der Waals surface area contributed by atoms with E-state index in [1.807, 2.05) is 42.3 Å². The molecule has 0 saturated carbocycles. The lowest BCUT2D eigenvalue weighted by atomic mass is 10.1. The standard InChI is InChI=1S/C17H16N2O2/c1-19(15-4-3-5-16(10-15)21-2)12-17(20)14-8-6-13(11-18)7-9-14/h3-10H,12H2,1-2H3. The van der Waals surface area contributed by atoms with Gasteiger partial charge in [-0.25, -0.2) is 0 Å². The number of carbonyl (C=O) groups excluding carboxylic acids is 1. The monoisotopic (exact) mass is 280 g/mol. The van der Waals surface area contributed by atoms with Crippen LogP contribution in [-0.4, -0.2) is 26.5 Å². The minimum Gasteiger partial charge on any atom is -0.497 e. The molecule has 0 bridgehead atoms. The molecule has 0 atom stereocenters. The molecule has 0 N–H and O–H groups in total. The lowest BCUT2D eigenvalue weighted by Gasteiger charge is -2.19. The average molecular weight is 280 g/mol. The highest BCUT2D eigenvalue weighted by Crippen LogP contribution is 2.20. The summed E-state index contributed by atoms with van der Waals surface area (Å²) in [6.07, 6.45) is 0. The Labute approximate surface area is 124 Å². The first kappa shape index (κ1) is 14.6. The molecule has 0 aliphatic rings. The van der Waals surface area contributed by atoms with E-state index in [1.165, 1.54) is 0 Å². The maximum absolute atomic E-state index is 12.2. The summed E-state index contributed by atoms with van der Waals surface area (Å²) in [6.45, 7) is 0.263. The number of nitrogens with zero attached hydrogens (tertiary/aromatic N) is 2. The molecule has 0 amide bonds. The van der Waals surface area contributed by atoms with Crippen molar-refractivity contribution in [2.45, 2.75) is 0 Å². The summed E-state index contributed by atoms with van der Waals surface area (Å²) >= 11 is 0. The van der Waals surface area contributed by atoms with E-state index in [9.17, 15) is 4.79 Å². The number of nitriles is 1. The molecule has 2 aromatic rings. The molecular weight excluding hydrogens is 264 g/mol. The molecule has 2 rings (SSSR count). The summed E-state index contributed by atoms with van der Waals surface area (Å²) in [7, 11) is 3.47. The minimum atomic E-state index is 0.00445. The van der Waals surface area contributed by atoms with Crippen molar-refractivity contribution in [1.82, 2.24) is 0 Å². The van der Waals surface area contributed by atoms with Gasteiger partial charge in [0.25, 0.3) is 0 Å². The van der Waals surface area contributed by atoms with E-state index < -0.39 is 0 Å². The van der Waals surface area contributed by atoms with Gasteiger partial charge in [0.2, 0.25) is 0 Å². The lowest BCUT2D eigenvalue weighted by molar-refractivity contribution is 0.100. The fourth-order valence-electron chi connectivity index (χ4n) is 1.98. The van der Waals surface area contributed by atoms with Crippen molar-refractivity contribution in [2.24, 2.45) is 0 Å². The number of ketones is 1. The third kappa shape index (κ3) is 3.61. The van der Waals surface area contributed by atoms with Crippen LogP contribution in [0.5, 0.6) is 5.75 Å². The summed E-state index contributed by atoms with van der Waals surface area (Å²) in [5, 5.41) is 8.76. The van der Waals surface area contributed by atoms with Crippen molar-refractivity contribution < 1.29 is 9.53 Å². The van der Waals surface area contributed by atoms with Gasteiger partial charge in [-0.15, -0.1) is 0 Å².